The zero-order valence-corrected chi connectivity index (χ0v) is 10.7. The number of alkyl halides is 1. The third kappa shape index (κ3) is 2.46. The fourth-order valence-electron chi connectivity index (χ4n) is 1.34. The summed E-state index contributed by atoms with van der Waals surface area (Å²) in [7, 11) is 0. The minimum Gasteiger partial charge on any atom is -0.312 e. The van der Waals surface area contributed by atoms with E-state index >= 15 is 0 Å². The van der Waals surface area contributed by atoms with Crippen molar-refractivity contribution in [3.8, 4) is 0 Å². The molecule has 1 aromatic carbocycles. The van der Waals surface area contributed by atoms with Crippen LogP contribution in [0.2, 0.25) is 10.0 Å². The van der Waals surface area contributed by atoms with Gasteiger partial charge in [-0.1, -0.05) is 34.4 Å². The second-order valence-corrected chi connectivity index (χ2v) is 4.33. The van der Waals surface area contributed by atoms with Crippen molar-refractivity contribution in [3.63, 3.8) is 0 Å². The maximum absolute atomic E-state index is 11.4. The molecule has 0 unspecified atom stereocenters. The van der Waals surface area contributed by atoms with Crippen molar-refractivity contribution < 1.29 is 9.63 Å². The van der Waals surface area contributed by atoms with Crippen LogP contribution in [0, 0.1) is 0 Å². The molecule has 6 heteroatoms. The van der Waals surface area contributed by atoms with Crippen LogP contribution in [-0.2, 0) is 9.63 Å². The molecule has 88 valence electrons. The van der Waals surface area contributed by atoms with Gasteiger partial charge >= 0.3 is 5.97 Å². The van der Waals surface area contributed by atoms with E-state index in [1.54, 1.807) is 18.2 Å². The van der Waals surface area contributed by atoms with Gasteiger partial charge in [-0.15, -0.1) is 11.6 Å². The Bertz CT molecular complexity index is 517. The number of carbonyl (C=O) groups excluding carboxylic acids is 1. The number of oxime groups is 1. The number of rotatable bonds is 2. The molecule has 0 aliphatic carbocycles. The summed E-state index contributed by atoms with van der Waals surface area (Å²) >= 11 is 17.6. The fourth-order valence-corrected chi connectivity index (χ4v) is 2.04. The predicted octanol–water partition coefficient (Wildman–Crippen LogP) is 3.53. The first kappa shape index (κ1) is 12.4. The Morgan fingerprint density at radius 2 is 1.94 bits per heavy atom. The molecule has 0 fully saturated rings. The Labute approximate surface area is 113 Å². The Morgan fingerprint density at radius 3 is 2.53 bits per heavy atom. The number of hydrogen-bond donors (Lipinski definition) is 0. The van der Waals surface area contributed by atoms with Crippen LogP contribution in [0.25, 0.3) is 6.08 Å². The van der Waals surface area contributed by atoms with Gasteiger partial charge in [0.15, 0.2) is 0 Å². The molecular weight excluding hydrogens is 284 g/mol. The smallest absolute Gasteiger partial charge is 0.312 e. The highest BCUT2D eigenvalue weighted by Crippen LogP contribution is 2.28. The standard InChI is InChI=1S/C11H6Cl3NO2/c12-5-10-7(11(16)17-15-10)4-6-8(13)2-1-3-9(6)14/h1-4H,5H2/b7-4+. The molecule has 0 N–H and O–H groups in total. The molecule has 1 aromatic rings. The zero-order valence-electron chi connectivity index (χ0n) is 8.41. The van der Waals surface area contributed by atoms with Crippen molar-refractivity contribution in [1.82, 2.24) is 0 Å². The quantitative estimate of drug-likeness (QED) is 0.475. The van der Waals surface area contributed by atoms with Gasteiger partial charge in [0.1, 0.15) is 5.71 Å². The van der Waals surface area contributed by atoms with E-state index in [1.165, 1.54) is 6.08 Å². The molecule has 0 radical (unpaired) electrons. The van der Waals surface area contributed by atoms with Crippen LogP contribution in [0.4, 0.5) is 0 Å². The van der Waals surface area contributed by atoms with E-state index in [1.807, 2.05) is 0 Å². The zero-order chi connectivity index (χ0) is 12.4. The topological polar surface area (TPSA) is 38.7 Å². The molecule has 0 saturated carbocycles. The monoisotopic (exact) mass is 289 g/mol. The molecule has 3 nitrogen and oxygen atoms in total. The van der Waals surface area contributed by atoms with Crippen LogP contribution >= 0.6 is 34.8 Å². The SMILES string of the molecule is O=C1ON=C(CCl)/C1=C\c1c(Cl)cccc1Cl. The van der Waals surface area contributed by atoms with Gasteiger partial charge < -0.3 is 4.84 Å². The molecule has 17 heavy (non-hydrogen) atoms. The largest absolute Gasteiger partial charge is 0.367 e. The lowest BCUT2D eigenvalue weighted by Crippen LogP contribution is -2.06. The molecule has 0 aromatic heterocycles. The van der Waals surface area contributed by atoms with E-state index in [9.17, 15) is 4.79 Å². The highest BCUT2D eigenvalue weighted by Gasteiger charge is 2.25. The van der Waals surface area contributed by atoms with Gasteiger partial charge in [0.25, 0.3) is 0 Å². The van der Waals surface area contributed by atoms with Gasteiger partial charge in [0.2, 0.25) is 0 Å². The van der Waals surface area contributed by atoms with Gasteiger partial charge in [-0.05, 0) is 18.2 Å². The summed E-state index contributed by atoms with van der Waals surface area (Å²) in [6.07, 6.45) is 1.53. The van der Waals surface area contributed by atoms with E-state index in [0.29, 0.717) is 21.3 Å². The summed E-state index contributed by atoms with van der Waals surface area (Å²) in [4.78, 5) is 16.0. The van der Waals surface area contributed by atoms with Crippen molar-refractivity contribution >= 4 is 52.6 Å². The molecule has 2 rings (SSSR count). The second kappa shape index (κ2) is 5.08. The minimum atomic E-state index is -0.559. The van der Waals surface area contributed by atoms with Gasteiger partial charge in [-0.3, -0.25) is 0 Å². The van der Waals surface area contributed by atoms with E-state index in [2.05, 4.69) is 9.99 Å². The third-order valence-electron chi connectivity index (χ3n) is 2.18. The van der Waals surface area contributed by atoms with E-state index in [0.717, 1.165) is 0 Å². The Kier molecular flexibility index (Phi) is 3.72. The van der Waals surface area contributed by atoms with Gasteiger partial charge in [0.05, 0.1) is 11.5 Å². The average molecular weight is 291 g/mol. The Morgan fingerprint density at radius 1 is 1.29 bits per heavy atom. The van der Waals surface area contributed by atoms with Crippen molar-refractivity contribution in [1.29, 1.82) is 0 Å². The van der Waals surface area contributed by atoms with Crippen LogP contribution in [-0.4, -0.2) is 17.6 Å². The second-order valence-electron chi connectivity index (χ2n) is 3.24. The molecular formula is C11H6Cl3NO2. The van der Waals surface area contributed by atoms with E-state index in [-0.39, 0.29) is 11.5 Å². The predicted molar refractivity (Wildman–Crippen MR) is 68.7 cm³/mol. The first-order valence-corrected chi connectivity index (χ1v) is 5.93. The minimum absolute atomic E-state index is 0.0830. The first-order chi connectivity index (χ1) is 8.13. The molecule has 0 spiro atoms. The normalized spacial score (nSPS) is 17.2. The summed E-state index contributed by atoms with van der Waals surface area (Å²) in [5.41, 5.74) is 1.19. The maximum atomic E-state index is 11.4. The van der Waals surface area contributed by atoms with E-state index < -0.39 is 5.97 Å². The van der Waals surface area contributed by atoms with Crippen LogP contribution in [0.3, 0.4) is 0 Å². The van der Waals surface area contributed by atoms with Crippen molar-refractivity contribution in [3.05, 3.63) is 39.4 Å². The first-order valence-electron chi connectivity index (χ1n) is 4.63. The molecule has 0 saturated heterocycles. The van der Waals surface area contributed by atoms with Gasteiger partial charge in [0, 0.05) is 15.6 Å². The van der Waals surface area contributed by atoms with Crippen LogP contribution < -0.4 is 0 Å². The lowest BCUT2D eigenvalue weighted by atomic mass is 10.1. The fraction of sp³-hybridized carbons (Fsp3) is 0.0909. The molecule has 0 atom stereocenters. The third-order valence-corrected chi connectivity index (χ3v) is 3.10. The molecule has 1 aliphatic heterocycles. The lowest BCUT2D eigenvalue weighted by molar-refractivity contribution is -0.136. The van der Waals surface area contributed by atoms with Crippen LogP contribution in [0.5, 0.6) is 0 Å². The van der Waals surface area contributed by atoms with Crippen LogP contribution in [0.1, 0.15) is 5.56 Å². The number of carbonyl (C=O) groups is 1. The summed E-state index contributed by atoms with van der Waals surface area (Å²) in [6, 6.07) is 5.07. The molecule has 0 bridgehead atoms. The number of hydrogen-bond acceptors (Lipinski definition) is 3. The summed E-state index contributed by atoms with van der Waals surface area (Å²) in [5.74, 6) is -0.476. The van der Waals surface area contributed by atoms with Gasteiger partial charge in [-0.2, -0.15) is 0 Å². The summed E-state index contributed by atoms with van der Waals surface area (Å²) in [5, 5.41) is 4.44. The van der Waals surface area contributed by atoms with Crippen molar-refractivity contribution in [2.24, 2.45) is 5.16 Å². The summed E-state index contributed by atoms with van der Waals surface area (Å²) < 4.78 is 0. The Hall–Kier alpha value is -1.03. The molecule has 0 amide bonds. The molecule has 1 aliphatic rings. The highest BCUT2D eigenvalue weighted by atomic mass is 35.5. The Balaban J connectivity index is 2.49. The molecule has 1 heterocycles. The van der Waals surface area contributed by atoms with Crippen molar-refractivity contribution in [2.45, 2.75) is 0 Å². The van der Waals surface area contributed by atoms with Crippen molar-refractivity contribution in [2.75, 3.05) is 5.88 Å². The number of benzene rings is 1. The highest BCUT2D eigenvalue weighted by molar-refractivity contribution is 6.40. The lowest BCUT2D eigenvalue weighted by Gasteiger charge is -2.02. The van der Waals surface area contributed by atoms with E-state index in [4.69, 9.17) is 34.8 Å². The number of nitrogens with zero attached hydrogens (tertiary/aromatic N) is 1. The van der Waals surface area contributed by atoms with Gasteiger partial charge in [-0.25, -0.2) is 4.79 Å². The van der Waals surface area contributed by atoms with Crippen LogP contribution in [0.15, 0.2) is 28.9 Å². The summed E-state index contributed by atoms with van der Waals surface area (Å²) in [6.45, 7) is 0. The number of halogens is 3. The average Bonchev–Trinajstić information content (AvgIpc) is 2.65. The maximum Gasteiger partial charge on any atom is 0.367 e.